The number of pyridine rings is 1. The fraction of sp³-hybridized carbons (Fsp3) is 0.235. The molecule has 2 rings (SSSR count). The minimum absolute atomic E-state index is 0.239. The van der Waals surface area contributed by atoms with Crippen molar-refractivity contribution < 1.29 is 9.90 Å². The number of hydrogen-bond acceptors (Lipinski definition) is 3. The lowest BCUT2D eigenvalue weighted by Crippen LogP contribution is -2.32. The summed E-state index contributed by atoms with van der Waals surface area (Å²) in [5.41, 5.74) is 1.02. The van der Waals surface area contributed by atoms with E-state index in [1.165, 1.54) is 16.8 Å². The molecule has 1 aromatic heterocycles. The van der Waals surface area contributed by atoms with Gasteiger partial charge in [-0.15, -0.1) is 0 Å². The predicted octanol–water partition coefficient (Wildman–Crippen LogP) is 3.32. The number of aliphatic carboxylic acids is 1. The highest BCUT2D eigenvalue weighted by molar-refractivity contribution is 6.30. The summed E-state index contributed by atoms with van der Waals surface area (Å²) in [4.78, 5) is 23.7. The second-order valence-electron chi connectivity index (χ2n) is 5.49. The van der Waals surface area contributed by atoms with Gasteiger partial charge >= 0.3 is 5.97 Å². The Hall–Kier alpha value is -2.58. The van der Waals surface area contributed by atoms with Crippen LogP contribution in [0.15, 0.2) is 41.3 Å². The highest BCUT2D eigenvalue weighted by atomic mass is 35.5. The van der Waals surface area contributed by atoms with E-state index in [4.69, 9.17) is 11.6 Å². The smallest absolute Gasteiger partial charge is 0.327 e. The van der Waals surface area contributed by atoms with E-state index in [1.54, 1.807) is 38.1 Å². The van der Waals surface area contributed by atoms with Crippen LogP contribution in [-0.2, 0) is 4.79 Å². The summed E-state index contributed by atoms with van der Waals surface area (Å²) in [6.07, 6.45) is 1.44. The molecule has 0 aliphatic rings. The Bertz CT molecular complexity index is 850. The van der Waals surface area contributed by atoms with Crippen LogP contribution in [0.5, 0.6) is 0 Å². The number of rotatable bonds is 4. The minimum Gasteiger partial charge on any atom is -0.480 e. The van der Waals surface area contributed by atoms with Crippen LogP contribution in [0.4, 0.5) is 0 Å². The Morgan fingerprint density at radius 2 is 2.00 bits per heavy atom. The van der Waals surface area contributed by atoms with Crippen LogP contribution in [0, 0.1) is 17.2 Å². The zero-order valence-electron chi connectivity index (χ0n) is 12.7. The van der Waals surface area contributed by atoms with E-state index >= 15 is 0 Å². The van der Waals surface area contributed by atoms with Gasteiger partial charge in [0.1, 0.15) is 6.04 Å². The van der Waals surface area contributed by atoms with Gasteiger partial charge in [0, 0.05) is 22.8 Å². The normalized spacial score (nSPS) is 12.0. The summed E-state index contributed by atoms with van der Waals surface area (Å²) >= 11 is 5.96. The van der Waals surface area contributed by atoms with Gasteiger partial charge < -0.3 is 9.67 Å². The summed E-state index contributed by atoms with van der Waals surface area (Å²) in [5.74, 6) is -1.30. The summed E-state index contributed by atoms with van der Waals surface area (Å²) in [6.45, 7) is 3.48. The van der Waals surface area contributed by atoms with E-state index in [0.29, 0.717) is 21.7 Å². The molecule has 1 N–H and O–H groups in total. The summed E-state index contributed by atoms with van der Waals surface area (Å²) in [7, 11) is 0. The minimum atomic E-state index is -1.06. The highest BCUT2D eigenvalue weighted by Gasteiger charge is 2.24. The van der Waals surface area contributed by atoms with Gasteiger partial charge in [-0.05, 0) is 35.7 Å². The lowest BCUT2D eigenvalue weighted by Gasteiger charge is -2.19. The molecule has 0 spiro atoms. The molecule has 0 amide bonds. The molecule has 1 aromatic carbocycles. The molecule has 23 heavy (non-hydrogen) atoms. The Labute approximate surface area is 138 Å². The standard InChI is InChI=1S/C17H15ClN2O3/c1-10(2)16(17(22)23)20-6-5-11(7-15(20)21)14-8-13(18)4-3-12(14)9-19/h3-8,10,16H,1-2H3,(H,22,23)/t16-/m0/s1. The first kappa shape index (κ1) is 16.8. The fourth-order valence-electron chi connectivity index (χ4n) is 2.47. The number of carboxylic acid groups (broad SMARTS) is 1. The third-order valence-electron chi connectivity index (χ3n) is 3.55. The Balaban J connectivity index is 2.57. The first-order valence-corrected chi connectivity index (χ1v) is 7.38. The number of carbonyl (C=O) groups is 1. The molecule has 0 saturated heterocycles. The summed E-state index contributed by atoms with van der Waals surface area (Å²) < 4.78 is 1.19. The Morgan fingerprint density at radius 3 is 2.52 bits per heavy atom. The topological polar surface area (TPSA) is 83.1 Å². The molecule has 0 unspecified atom stereocenters. The van der Waals surface area contributed by atoms with Gasteiger partial charge in [0.25, 0.3) is 5.56 Å². The van der Waals surface area contributed by atoms with Crippen molar-refractivity contribution in [2.75, 3.05) is 0 Å². The van der Waals surface area contributed by atoms with Gasteiger partial charge in [-0.2, -0.15) is 5.26 Å². The van der Waals surface area contributed by atoms with Crippen LogP contribution in [0.2, 0.25) is 5.02 Å². The van der Waals surface area contributed by atoms with Gasteiger partial charge in [0.2, 0.25) is 0 Å². The quantitative estimate of drug-likeness (QED) is 0.932. The lowest BCUT2D eigenvalue weighted by molar-refractivity contribution is -0.142. The van der Waals surface area contributed by atoms with Crippen LogP contribution in [0.1, 0.15) is 25.5 Å². The van der Waals surface area contributed by atoms with Crippen LogP contribution in [0.3, 0.4) is 0 Å². The zero-order chi connectivity index (χ0) is 17.1. The van der Waals surface area contributed by atoms with Crippen LogP contribution in [-0.4, -0.2) is 15.6 Å². The lowest BCUT2D eigenvalue weighted by atomic mass is 10.0. The maximum atomic E-state index is 12.3. The maximum Gasteiger partial charge on any atom is 0.327 e. The third-order valence-corrected chi connectivity index (χ3v) is 3.78. The second-order valence-corrected chi connectivity index (χ2v) is 5.93. The highest BCUT2D eigenvalue weighted by Crippen LogP contribution is 2.26. The molecule has 1 heterocycles. The van der Waals surface area contributed by atoms with E-state index < -0.39 is 17.6 Å². The number of halogens is 1. The molecular formula is C17H15ClN2O3. The van der Waals surface area contributed by atoms with Crippen molar-refractivity contribution in [3.63, 3.8) is 0 Å². The first-order chi connectivity index (χ1) is 10.8. The van der Waals surface area contributed by atoms with Gasteiger partial charge in [0.15, 0.2) is 0 Å². The van der Waals surface area contributed by atoms with Crippen molar-refractivity contribution in [1.82, 2.24) is 4.57 Å². The number of aromatic nitrogens is 1. The molecule has 0 fully saturated rings. The van der Waals surface area contributed by atoms with E-state index in [0.717, 1.165) is 0 Å². The molecular weight excluding hydrogens is 316 g/mol. The zero-order valence-corrected chi connectivity index (χ0v) is 13.4. The maximum absolute atomic E-state index is 12.3. The van der Waals surface area contributed by atoms with Gasteiger partial charge in [-0.1, -0.05) is 25.4 Å². The average molecular weight is 331 g/mol. The number of nitrogens with zero attached hydrogens (tertiary/aromatic N) is 2. The number of nitriles is 1. The first-order valence-electron chi connectivity index (χ1n) is 7.00. The van der Waals surface area contributed by atoms with Crippen molar-refractivity contribution in [2.45, 2.75) is 19.9 Å². The molecule has 1 atom stereocenters. The number of benzene rings is 1. The molecule has 0 radical (unpaired) electrons. The van der Waals surface area contributed by atoms with Gasteiger partial charge in [-0.25, -0.2) is 4.79 Å². The van der Waals surface area contributed by atoms with Crippen LogP contribution in [0.25, 0.3) is 11.1 Å². The molecule has 2 aromatic rings. The molecule has 0 bridgehead atoms. The van der Waals surface area contributed by atoms with Gasteiger partial charge in [0.05, 0.1) is 11.6 Å². The van der Waals surface area contributed by atoms with Crippen molar-refractivity contribution in [1.29, 1.82) is 5.26 Å². The third kappa shape index (κ3) is 3.43. The molecule has 118 valence electrons. The van der Waals surface area contributed by atoms with Crippen molar-refractivity contribution in [3.8, 4) is 17.2 Å². The average Bonchev–Trinajstić information content (AvgIpc) is 2.48. The molecule has 0 aliphatic heterocycles. The summed E-state index contributed by atoms with van der Waals surface area (Å²) in [6, 6.07) is 8.85. The SMILES string of the molecule is CC(C)[C@@H](C(=O)O)n1ccc(-c2cc(Cl)ccc2C#N)cc1=O. The van der Waals surface area contributed by atoms with Crippen molar-refractivity contribution in [3.05, 3.63) is 57.5 Å². The Morgan fingerprint density at radius 1 is 1.30 bits per heavy atom. The molecule has 6 heteroatoms. The van der Waals surface area contributed by atoms with Crippen molar-refractivity contribution >= 4 is 17.6 Å². The molecule has 0 aliphatic carbocycles. The summed E-state index contributed by atoms with van der Waals surface area (Å²) in [5, 5.41) is 18.9. The van der Waals surface area contributed by atoms with Crippen molar-refractivity contribution in [2.24, 2.45) is 5.92 Å². The fourth-order valence-corrected chi connectivity index (χ4v) is 2.64. The second kappa shape index (κ2) is 6.67. The number of carboxylic acids is 1. The Kier molecular flexibility index (Phi) is 4.87. The van der Waals surface area contributed by atoms with E-state index in [2.05, 4.69) is 6.07 Å². The van der Waals surface area contributed by atoms with Crippen LogP contribution >= 0.6 is 11.6 Å². The monoisotopic (exact) mass is 330 g/mol. The molecule has 0 saturated carbocycles. The van der Waals surface area contributed by atoms with Gasteiger partial charge in [-0.3, -0.25) is 4.79 Å². The molecule has 5 nitrogen and oxygen atoms in total. The predicted molar refractivity (Wildman–Crippen MR) is 87.4 cm³/mol. The van der Waals surface area contributed by atoms with Crippen LogP contribution < -0.4 is 5.56 Å². The van der Waals surface area contributed by atoms with E-state index in [-0.39, 0.29) is 5.92 Å². The van der Waals surface area contributed by atoms with E-state index in [1.807, 2.05) is 0 Å². The largest absolute Gasteiger partial charge is 0.480 e. The van der Waals surface area contributed by atoms with E-state index in [9.17, 15) is 20.0 Å². The number of hydrogen-bond donors (Lipinski definition) is 1.